The zero-order valence-corrected chi connectivity index (χ0v) is 15.8. The number of halogens is 2. The molecule has 0 aliphatic carbocycles. The smallest absolute Gasteiger partial charge is 0.191 e. The van der Waals surface area contributed by atoms with Crippen LogP contribution < -0.4 is 10.6 Å². The van der Waals surface area contributed by atoms with E-state index in [1.807, 2.05) is 13.8 Å². The number of hydrogen-bond acceptors (Lipinski definition) is 3. The van der Waals surface area contributed by atoms with Crippen LogP contribution >= 0.6 is 11.6 Å². The molecule has 1 rings (SSSR count). The Kier molecular flexibility index (Phi) is 8.48. The number of nitrogens with one attached hydrogen (secondary N) is 2. The van der Waals surface area contributed by atoms with Gasteiger partial charge >= 0.3 is 0 Å². The monoisotopic (exact) mass is 377 g/mol. The summed E-state index contributed by atoms with van der Waals surface area (Å²) in [6.45, 7) is 5.05. The van der Waals surface area contributed by atoms with E-state index in [0.29, 0.717) is 36.9 Å². The van der Waals surface area contributed by atoms with Crippen LogP contribution in [-0.4, -0.2) is 45.5 Å². The first-order valence-electron chi connectivity index (χ1n) is 7.87. The van der Waals surface area contributed by atoms with E-state index in [0.717, 1.165) is 5.56 Å². The third-order valence-corrected chi connectivity index (χ3v) is 4.64. The summed E-state index contributed by atoms with van der Waals surface area (Å²) in [7, 11) is -2.97. The summed E-state index contributed by atoms with van der Waals surface area (Å²) in [5.41, 5.74) is 0.836. The first kappa shape index (κ1) is 20.7. The molecule has 5 nitrogen and oxygen atoms in total. The Bertz CT molecular complexity index is 665. The van der Waals surface area contributed by atoms with Gasteiger partial charge in [-0.05, 0) is 44.4 Å². The minimum atomic E-state index is -2.97. The molecule has 0 aromatic heterocycles. The van der Waals surface area contributed by atoms with Crippen molar-refractivity contribution < 1.29 is 12.8 Å². The van der Waals surface area contributed by atoms with Crippen molar-refractivity contribution in [3.05, 3.63) is 34.6 Å². The van der Waals surface area contributed by atoms with E-state index in [1.54, 1.807) is 6.07 Å². The summed E-state index contributed by atoms with van der Waals surface area (Å²) in [6.07, 6.45) is 2.33. The van der Waals surface area contributed by atoms with Crippen LogP contribution in [0.3, 0.4) is 0 Å². The summed E-state index contributed by atoms with van der Waals surface area (Å²) < 4.78 is 35.5. The molecule has 0 saturated heterocycles. The van der Waals surface area contributed by atoms with Gasteiger partial charge < -0.3 is 10.6 Å². The molecule has 0 heterocycles. The van der Waals surface area contributed by atoms with E-state index >= 15 is 0 Å². The normalized spacial score (nSPS) is 13.6. The topological polar surface area (TPSA) is 70.6 Å². The summed E-state index contributed by atoms with van der Waals surface area (Å²) in [6, 6.07) is 4.30. The van der Waals surface area contributed by atoms with E-state index in [2.05, 4.69) is 15.6 Å². The maximum Gasteiger partial charge on any atom is 0.191 e. The van der Waals surface area contributed by atoms with Crippen molar-refractivity contribution in [3.8, 4) is 0 Å². The second-order valence-electron chi connectivity index (χ2n) is 5.71. The Morgan fingerprint density at radius 3 is 2.71 bits per heavy atom. The second kappa shape index (κ2) is 9.84. The van der Waals surface area contributed by atoms with Gasteiger partial charge in [0.2, 0.25) is 0 Å². The van der Waals surface area contributed by atoms with Crippen LogP contribution in [0.5, 0.6) is 0 Å². The number of sulfone groups is 1. The molecule has 1 atom stereocenters. The molecule has 0 fully saturated rings. The Morgan fingerprint density at radius 1 is 1.42 bits per heavy atom. The van der Waals surface area contributed by atoms with Crippen molar-refractivity contribution in [1.82, 2.24) is 10.6 Å². The maximum absolute atomic E-state index is 13.0. The molecule has 24 heavy (non-hydrogen) atoms. The molecule has 0 spiro atoms. The number of nitrogens with zero attached hydrogens (tertiary/aromatic N) is 1. The highest BCUT2D eigenvalue weighted by molar-refractivity contribution is 7.90. The molecule has 1 aromatic carbocycles. The van der Waals surface area contributed by atoms with Crippen LogP contribution in [0.25, 0.3) is 0 Å². The number of aliphatic imine (C=N–C) groups is 1. The fourth-order valence-electron chi connectivity index (χ4n) is 2.03. The van der Waals surface area contributed by atoms with Gasteiger partial charge in [0.25, 0.3) is 0 Å². The molecule has 0 radical (unpaired) electrons. The lowest BCUT2D eigenvalue weighted by atomic mass is 10.1. The summed E-state index contributed by atoms with van der Waals surface area (Å²) in [4.78, 5) is 4.45. The van der Waals surface area contributed by atoms with E-state index in [4.69, 9.17) is 11.6 Å². The largest absolute Gasteiger partial charge is 0.357 e. The third-order valence-electron chi connectivity index (χ3n) is 3.32. The van der Waals surface area contributed by atoms with Gasteiger partial charge in [-0.2, -0.15) is 0 Å². The quantitative estimate of drug-likeness (QED) is 0.539. The van der Waals surface area contributed by atoms with Crippen LogP contribution in [0.2, 0.25) is 5.02 Å². The first-order chi connectivity index (χ1) is 11.2. The predicted molar refractivity (Wildman–Crippen MR) is 98.0 cm³/mol. The fraction of sp³-hybridized carbons (Fsp3) is 0.562. The Hall–Kier alpha value is -1.34. The van der Waals surface area contributed by atoms with Gasteiger partial charge in [-0.1, -0.05) is 17.7 Å². The minimum absolute atomic E-state index is 0.0214. The second-order valence-corrected chi connectivity index (χ2v) is 8.38. The van der Waals surface area contributed by atoms with Gasteiger partial charge in [0.15, 0.2) is 5.96 Å². The highest BCUT2D eigenvalue weighted by Gasteiger charge is 2.09. The number of guanidine groups is 1. The van der Waals surface area contributed by atoms with Gasteiger partial charge in [0.05, 0.1) is 5.75 Å². The van der Waals surface area contributed by atoms with Crippen molar-refractivity contribution in [2.45, 2.75) is 32.7 Å². The predicted octanol–water partition coefficient (Wildman–Crippen LogP) is 2.40. The molecule has 2 N–H and O–H groups in total. The van der Waals surface area contributed by atoms with Crippen molar-refractivity contribution in [1.29, 1.82) is 0 Å². The van der Waals surface area contributed by atoms with Crippen LogP contribution in [0.4, 0.5) is 4.39 Å². The van der Waals surface area contributed by atoms with Gasteiger partial charge in [-0.15, -0.1) is 0 Å². The Morgan fingerprint density at radius 2 is 2.12 bits per heavy atom. The fourth-order valence-corrected chi connectivity index (χ4v) is 3.07. The van der Waals surface area contributed by atoms with Crippen molar-refractivity contribution in [3.63, 3.8) is 0 Å². The lowest BCUT2D eigenvalue weighted by Gasteiger charge is -2.17. The SMILES string of the molecule is CCNC(=NCCc1ccc(F)cc1Cl)NC(C)CCS(C)(=O)=O. The number of benzene rings is 1. The van der Waals surface area contributed by atoms with Crippen LogP contribution in [0, 0.1) is 5.82 Å². The summed E-state index contributed by atoms with van der Waals surface area (Å²) >= 11 is 6.00. The molecule has 0 bridgehead atoms. The summed E-state index contributed by atoms with van der Waals surface area (Å²) in [5, 5.41) is 6.69. The zero-order chi connectivity index (χ0) is 18.2. The highest BCUT2D eigenvalue weighted by atomic mass is 35.5. The Balaban J connectivity index is 2.58. The average Bonchev–Trinajstić information content (AvgIpc) is 2.47. The molecule has 1 unspecified atom stereocenters. The standard InChI is InChI=1S/C16H25ClFN3O2S/c1-4-19-16(21-12(2)8-10-24(3,22)23)20-9-7-13-5-6-14(18)11-15(13)17/h5-6,11-12H,4,7-10H2,1-3H3,(H2,19,20,21). The molecular weight excluding hydrogens is 353 g/mol. The molecule has 1 aromatic rings. The van der Waals surface area contributed by atoms with Crippen molar-refractivity contribution >= 4 is 27.4 Å². The zero-order valence-electron chi connectivity index (χ0n) is 14.3. The molecular formula is C16H25ClFN3O2S. The number of hydrogen-bond donors (Lipinski definition) is 2. The van der Waals surface area contributed by atoms with Gasteiger partial charge in [-0.3, -0.25) is 4.99 Å². The molecule has 0 saturated carbocycles. The first-order valence-corrected chi connectivity index (χ1v) is 10.3. The van der Waals surface area contributed by atoms with E-state index in [-0.39, 0.29) is 17.6 Å². The summed E-state index contributed by atoms with van der Waals surface area (Å²) in [5.74, 6) is 0.393. The van der Waals surface area contributed by atoms with Crippen LogP contribution in [0.15, 0.2) is 23.2 Å². The molecule has 136 valence electrons. The lowest BCUT2D eigenvalue weighted by molar-refractivity contribution is 0.581. The van der Waals surface area contributed by atoms with Crippen LogP contribution in [0.1, 0.15) is 25.8 Å². The van der Waals surface area contributed by atoms with E-state index in [9.17, 15) is 12.8 Å². The third kappa shape index (κ3) is 8.49. The highest BCUT2D eigenvalue weighted by Crippen LogP contribution is 2.17. The molecule has 0 aliphatic heterocycles. The van der Waals surface area contributed by atoms with E-state index < -0.39 is 9.84 Å². The van der Waals surface area contributed by atoms with Gasteiger partial charge in [0.1, 0.15) is 15.7 Å². The Labute approximate surface area is 148 Å². The number of rotatable bonds is 8. The molecule has 0 aliphatic rings. The van der Waals surface area contributed by atoms with Crippen molar-refractivity contribution in [2.75, 3.05) is 25.1 Å². The van der Waals surface area contributed by atoms with Crippen molar-refractivity contribution in [2.24, 2.45) is 4.99 Å². The van der Waals surface area contributed by atoms with E-state index in [1.165, 1.54) is 18.4 Å². The van der Waals surface area contributed by atoms with Crippen LogP contribution in [-0.2, 0) is 16.3 Å². The lowest BCUT2D eigenvalue weighted by Crippen LogP contribution is -2.43. The van der Waals surface area contributed by atoms with Gasteiger partial charge in [0, 0.05) is 30.4 Å². The average molecular weight is 378 g/mol. The molecule has 0 amide bonds. The van der Waals surface area contributed by atoms with Gasteiger partial charge in [-0.25, -0.2) is 12.8 Å². The molecule has 8 heteroatoms. The minimum Gasteiger partial charge on any atom is -0.357 e. The maximum atomic E-state index is 13.0.